The van der Waals surface area contributed by atoms with Crippen LogP contribution < -0.4 is 0 Å². The lowest BCUT2D eigenvalue weighted by Gasteiger charge is -2.10. The molecule has 4 rings (SSSR count). The van der Waals surface area contributed by atoms with Gasteiger partial charge in [-0.25, -0.2) is 4.39 Å². The van der Waals surface area contributed by atoms with E-state index in [1.54, 1.807) is 18.3 Å². The molecule has 0 spiro atoms. The largest absolute Gasteiger partial charge is 0.318 e. The van der Waals surface area contributed by atoms with Gasteiger partial charge in [0.25, 0.3) is 0 Å². The highest BCUT2D eigenvalue weighted by Crippen LogP contribution is 2.27. The maximum Gasteiger partial charge on any atom is 0.123 e. The number of aromatic nitrogens is 2. The van der Waals surface area contributed by atoms with Crippen molar-refractivity contribution in [3.63, 3.8) is 0 Å². The van der Waals surface area contributed by atoms with E-state index in [1.807, 2.05) is 44.2 Å². The highest BCUT2D eigenvalue weighted by molar-refractivity contribution is 5.90. The average Bonchev–Trinajstić information content (AvgIpc) is 2.99. The van der Waals surface area contributed by atoms with Crippen LogP contribution in [0.25, 0.3) is 28.2 Å². The Hall–Kier alpha value is -3.71. The number of nitriles is 1. The molecule has 0 bridgehead atoms. The molecule has 2 aromatic carbocycles. The van der Waals surface area contributed by atoms with Gasteiger partial charge in [0.1, 0.15) is 5.82 Å². The monoisotopic (exact) mass is 367 g/mol. The van der Waals surface area contributed by atoms with E-state index in [0.29, 0.717) is 11.1 Å². The first-order chi connectivity index (χ1) is 13.6. The molecule has 0 radical (unpaired) electrons. The molecular weight excluding hydrogens is 349 g/mol. The first-order valence-corrected chi connectivity index (χ1v) is 8.98. The third-order valence-corrected chi connectivity index (χ3v) is 4.89. The summed E-state index contributed by atoms with van der Waals surface area (Å²) in [6.07, 6.45) is 3.64. The smallest absolute Gasteiger partial charge is 0.123 e. The average molecular weight is 367 g/mol. The molecule has 0 aliphatic carbocycles. The highest BCUT2D eigenvalue weighted by atomic mass is 19.1. The Kier molecular flexibility index (Phi) is 4.50. The molecule has 0 atom stereocenters. The summed E-state index contributed by atoms with van der Waals surface area (Å²) in [7, 11) is 0. The second-order valence-electron chi connectivity index (χ2n) is 6.72. The number of hydrogen-bond acceptors (Lipinski definition) is 2. The molecule has 0 aliphatic heterocycles. The Bertz CT molecular complexity index is 1240. The van der Waals surface area contributed by atoms with Gasteiger partial charge in [-0.1, -0.05) is 18.2 Å². The van der Waals surface area contributed by atoms with Gasteiger partial charge in [-0.15, -0.1) is 0 Å². The van der Waals surface area contributed by atoms with Crippen molar-refractivity contribution in [2.45, 2.75) is 13.8 Å². The topological polar surface area (TPSA) is 41.6 Å². The number of fused-ring (bicyclic) bond motifs is 1. The van der Waals surface area contributed by atoms with Crippen LogP contribution in [-0.2, 0) is 0 Å². The molecule has 0 saturated heterocycles. The van der Waals surface area contributed by atoms with Crippen LogP contribution in [0.1, 0.15) is 22.5 Å². The molecule has 0 aliphatic rings. The summed E-state index contributed by atoms with van der Waals surface area (Å²) < 4.78 is 15.4. The van der Waals surface area contributed by atoms with Crippen LogP contribution in [0.4, 0.5) is 4.39 Å². The molecule has 28 heavy (non-hydrogen) atoms. The highest BCUT2D eigenvalue weighted by Gasteiger charge is 2.11. The van der Waals surface area contributed by atoms with Crippen LogP contribution in [0.3, 0.4) is 0 Å². The van der Waals surface area contributed by atoms with Gasteiger partial charge in [-0.3, -0.25) is 4.98 Å². The SMILES string of the molecule is Cc1cc(/C=C(/C#N)c2ccc(F)cc2)c(C)n1-c1ccc2ncccc2c1. The van der Waals surface area contributed by atoms with Gasteiger partial charge in [0.15, 0.2) is 0 Å². The summed E-state index contributed by atoms with van der Waals surface area (Å²) in [5, 5.41) is 10.7. The molecule has 4 aromatic rings. The summed E-state index contributed by atoms with van der Waals surface area (Å²) in [5.74, 6) is -0.315. The number of rotatable bonds is 3. The van der Waals surface area contributed by atoms with E-state index < -0.39 is 0 Å². The van der Waals surface area contributed by atoms with E-state index in [-0.39, 0.29) is 5.82 Å². The van der Waals surface area contributed by atoms with Crippen molar-refractivity contribution in [2.75, 3.05) is 0 Å². The van der Waals surface area contributed by atoms with Crippen LogP contribution >= 0.6 is 0 Å². The van der Waals surface area contributed by atoms with Gasteiger partial charge in [-0.05, 0) is 73.5 Å². The molecular formula is C24H18FN3. The second-order valence-corrected chi connectivity index (χ2v) is 6.72. The molecule has 2 heterocycles. The zero-order chi connectivity index (χ0) is 19.7. The standard InChI is InChI=1S/C24H18FN3/c1-16-12-20(13-21(15-26)18-5-7-22(25)8-6-18)17(2)28(16)23-9-10-24-19(14-23)4-3-11-27-24/h3-14H,1-2H3/b21-13-. The Morgan fingerprint density at radius 3 is 2.61 bits per heavy atom. The fourth-order valence-corrected chi connectivity index (χ4v) is 3.50. The van der Waals surface area contributed by atoms with Crippen molar-refractivity contribution in [1.29, 1.82) is 5.26 Å². The van der Waals surface area contributed by atoms with Gasteiger partial charge >= 0.3 is 0 Å². The quantitative estimate of drug-likeness (QED) is 0.427. The lowest BCUT2D eigenvalue weighted by Crippen LogP contribution is -1.99. The van der Waals surface area contributed by atoms with Gasteiger partial charge in [0.2, 0.25) is 0 Å². The van der Waals surface area contributed by atoms with Crippen LogP contribution in [0.2, 0.25) is 0 Å². The number of halogens is 1. The third-order valence-electron chi connectivity index (χ3n) is 4.89. The number of pyridine rings is 1. The molecule has 136 valence electrons. The maximum absolute atomic E-state index is 13.2. The van der Waals surface area contributed by atoms with Crippen molar-refractivity contribution >= 4 is 22.6 Å². The zero-order valence-corrected chi connectivity index (χ0v) is 15.6. The second kappa shape index (κ2) is 7.13. The van der Waals surface area contributed by atoms with Gasteiger partial charge < -0.3 is 4.57 Å². The predicted octanol–water partition coefficient (Wildman–Crippen LogP) is 5.85. The minimum absolute atomic E-state index is 0.315. The van der Waals surface area contributed by atoms with E-state index in [4.69, 9.17) is 0 Å². The molecule has 3 nitrogen and oxygen atoms in total. The summed E-state index contributed by atoms with van der Waals surface area (Å²) in [5.41, 5.74) is 6.28. The first kappa shape index (κ1) is 17.7. The lowest BCUT2D eigenvalue weighted by molar-refractivity contribution is 0.627. The predicted molar refractivity (Wildman–Crippen MR) is 110 cm³/mol. The van der Waals surface area contributed by atoms with E-state index in [0.717, 1.165) is 33.5 Å². The van der Waals surface area contributed by atoms with Crippen molar-refractivity contribution in [1.82, 2.24) is 9.55 Å². The third kappa shape index (κ3) is 3.19. The summed E-state index contributed by atoms with van der Waals surface area (Å²) in [6.45, 7) is 4.08. The number of hydrogen-bond donors (Lipinski definition) is 0. The van der Waals surface area contributed by atoms with E-state index in [1.165, 1.54) is 12.1 Å². The van der Waals surface area contributed by atoms with E-state index in [9.17, 15) is 9.65 Å². The molecule has 0 fully saturated rings. The Labute approximate surface area is 163 Å². The lowest BCUT2D eigenvalue weighted by atomic mass is 10.0. The summed E-state index contributed by atoms with van der Waals surface area (Å²) in [4.78, 5) is 4.37. The number of aryl methyl sites for hydroxylation is 1. The molecule has 4 heteroatoms. The molecule has 0 N–H and O–H groups in total. The van der Waals surface area contributed by atoms with Gasteiger partial charge in [0.05, 0.1) is 17.2 Å². The Balaban J connectivity index is 1.80. The van der Waals surface area contributed by atoms with E-state index in [2.05, 4.69) is 27.8 Å². The Morgan fingerprint density at radius 2 is 1.86 bits per heavy atom. The number of benzene rings is 2. The van der Waals surface area contributed by atoms with Gasteiger partial charge in [0, 0.05) is 28.7 Å². The van der Waals surface area contributed by atoms with Crippen molar-refractivity contribution in [2.24, 2.45) is 0 Å². The number of nitrogens with zero attached hydrogens (tertiary/aromatic N) is 3. The van der Waals surface area contributed by atoms with Crippen molar-refractivity contribution < 1.29 is 4.39 Å². The van der Waals surface area contributed by atoms with E-state index >= 15 is 0 Å². The number of allylic oxidation sites excluding steroid dienone is 1. The minimum atomic E-state index is -0.315. The van der Waals surface area contributed by atoms with Crippen molar-refractivity contribution in [3.8, 4) is 11.8 Å². The summed E-state index contributed by atoms with van der Waals surface area (Å²) in [6, 6.07) is 20.4. The zero-order valence-electron chi connectivity index (χ0n) is 15.6. The maximum atomic E-state index is 13.2. The molecule has 2 aromatic heterocycles. The first-order valence-electron chi connectivity index (χ1n) is 8.98. The molecule has 0 unspecified atom stereocenters. The van der Waals surface area contributed by atoms with Crippen molar-refractivity contribution in [3.05, 3.63) is 95.2 Å². The van der Waals surface area contributed by atoms with Gasteiger partial charge in [-0.2, -0.15) is 5.26 Å². The van der Waals surface area contributed by atoms with Crippen LogP contribution in [0.5, 0.6) is 0 Å². The minimum Gasteiger partial charge on any atom is -0.318 e. The van der Waals surface area contributed by atoms with Crippen LogP contribution in [0.15, 0.2) is 66.9 Å². The Morgan fingerprint density at radius 1 is 1.07 bits per heavy atom. The molecule has 0 saturated carbocycles. The van der Waals surface area contributed by atoms with Crippen LogP contribution in [0, 0.1) is 31.0 Å². The normalized spacial score (nSPS) is 11.6. The summed E-state index contributed by atoms with van der Waals surface area (Å²) >= 11 is 0. The fourth-order valence-electron chi connectivity index (χ4n) is 3.50. The fraction of sp³-hybridized carbons (Fsp3) is 0.0833. The van der Waals surface area contributed by atoms with Crippen LogP contribution in [-0.4, -0.2) is 9.55 Å². The molecule has 0 amide bonds.